The maximum absolute atomic E-state index is 13.9. The topological polar surface area (TPSA) is 194 Å². The number of methoxy groups -OCH3 is 1. The molecule has 2 atom stereocenters. The van der Waals surface area contributed by atoms with Gasteiger partial charge in [-0.1, -0.05) is 0 Å². The summed E-state index contributed by atoms with van der Waals surface area (Å²) >= 11 is 0. The Balaban J connectivity index is 0.840. The number of aromatic amines is 1. The number of H-pyrrole nitrogens is 1. The molecule has 0 aliphatic carbocycles. The molecule has 5 amide bonds. The molecule has 0 bridgehead atoms. The second kappa shape index (κ2) is 18.7. The van der Waals surface area contributed by atoms with Crippen molar-refractivity contribution in [3.8, 4) is 11.5 Å². The number of aryl methyl sites for hydroxylation is 1. The molecule has 2 unspecified atom stereocenters. The number of hydrogen-bond acceptors (Lipinski definition) is 12. The number of piperazine rings is 1. The van der Waals surface area contributed by atoms with Gasteiger partial charge < -0.3 is 38.7 Å². The van der Waals surface area contributed by atoms with E-state index < -0.39 is 29.7 Å². The zero-order chi connectivity index (χ0) is 44.4. The van der Waals surface area contributed by atoms with Crippen LogP contribution in [0.25, 0.3) is 10.9 Å². The van der Waals surface area contributed by atoms with Crippen molar-refractivity contribution in [3.63, 3.8) is 0 Å². The van der Waals surface area contributed by atoms with E-state index in [4.69, 9.17) is 18.9 Å². The quantitative estimate of drug-likeness (QED) is 0.117. The van der Waals surface area contributed by atoms with Gasteiger partial charge in [0.05, 0.1) is 54.6 Å². The highest BCUT2D eigenvalue weighted by molar-refractivity contribution is 6.23. The van der Waals surface area contributed by atoms with Crippen molar-refractivity contribution in [1.29, 1.82) is 0 Å². The van der Waals surface area contributed by atoms with E-state index in [0.29, 0.717) is 67.3 Å². The van der Waals surface area contributed by atoms with Crippen molar-refractivity contribution in [1.82, 2.24) is 30.0 Å². The predicted molar refractivity (Wildman–Crippen MR) is 233 cm³/mol. The number of benzene rings is 2. The zero-order valence-corrected chi connectivity index (χ0v) is 36.3. The zero-order valence-electron chi connectivity index (χ0n) is 36.3. The molecule has 0 saturated carbocycles. The first-order chi connectivity index (χ1) is 30.4. The van der Waals surface area contributed by atoms with Gasteiger partial charge in [0.1, 0.15) is 24.1 Å². The number of imide groups is 2. The van der Waals surface area contributed by atoms with E-state index in [9.17, 15) is 28.8 Å². The van der Waals surface area contributed by atoms with Gasteiger partial charge in [-0.05, 0) is 82.3 Å². The summed E-state index contributed by atoms with van der Waals surface area (Å²) in [6.45, 7) is 12.4. The Bertz CT molecular complexity index is 2480. The monoisotopic (exact) mass is 865 g/mol. The Labute approximate surface area is 364 Å². The summed E-state index contributed by atoms with van der Waals surface area (Å²) in [4.78, 5) is 85.5. The lowest BCUT2D eigenvalue weighted by Crippen LogP contribution is -2.54. The molecule has 3 fully saturated rings. The number of piperidine rings is 1. The number of aromatic nitrogens is 2. The predicted octanol–water partition coefficient (Wildman–Crippen LogP) is 3.49. The van der Waals surface area contributed by atoms with Crippen molar-refractivity contribution in [2.24, 2.45) is 5.92 Å². The van der Waals surface area contributed by atoms with Crippen LogP contribution in [-0.2, 0) is 25.6 Å². The first-order valence-electron chi connectivity index (χ1n) is 21.7. The minimum Gasteiger partial charge on any atom is -0.496 e. The van der Waals surface area contributed by atoms with Gasteiger partial charge in [-0.3, -0.25) is 43.9 Å². The summed E-state index contributed by atoms with van der Waals surface area (Å²) < 4.78 is 25.5. The molecule has 4 aliphatic heterocycles. The molecule has 2 aromatic heterocycles. The third-order valence-corrected chi connectivity index (χ3v) is 12.9. The molecule has 17 nitrogen and oxygen atoms in total. The van der Waals surface area contributed by atoms with Gasteiger partial charge in [0.15, 0.2) is 0 Å². The summed E-state index contributed by atoms with van der Waals surface area (Å²) in [5, 5.41) is 6.01. The Morgan fingerprint density at radius 1 is 0.905 bits per heavy atom. The molecular weight excluding hydrogens is 811 g/mol. The molecule has 8 rings (SSSR count). The minimum atomic E-state index is -0.994. The van der Waals surface area contributed by atoms with E-state index in [0.717, 1.165) is 72.7 Å². The smallest absolute Gasteiger partial charge is 0.262 e. The van der Waals surface area contributed by atoms with Crippen molar-refractivity contribution in [2.45, 2.75) is 65.1 Å². The standard InChI is InChI=1S/C46H55N7O10/c1-27-23-39(60-4)36(42(55)48-27)26-47-44(57)41-29(3)52(28(2)30-11-18-61-19-12-30)38-25-32(6-8-34(38)41)63-22-21-62-20-17-50-13-15-51(16-14-50)31-5-7-33-35(24-31)46(59)53(45(33)58)37-9-10-40(54)49-43(37)56/h5-8,23-25,28,30,37H,9-22,26H2,1-4H3,(H,47,57)(H,48,55)(H,49,54,56). The van der Waals surface area contributed by atoms with Gasteiger partial charge >= 0.3 is 0 Å². The number of rotatable bonds is 15. The number of ether oxygens (including phenoxy) is 4. The molecule has 334 valence electrons. The molecule has 3 saturated heterocycles. The number of fused-ring (bicyclic) bond motifs is 2. The number of anilines is 1. The maximum Gasteiger partial charge on any atom is 0.262 e. The third kappa shape index (κ3) is 8.95. The van der Waals surface area contributed by atoms with Crippen molar-refractivity contribution in [2.75, 3.05) is 77.8 Å². The normalized spacial score (nSPS) is 19.1. The summed E-state index contributed by atoms with van der Waals surface area (Å²) in [5.74, 6) is -0.869. The van der Waals surface area contributed by atoms with Crippen molar-refractivity contribution < 1.29 is 42.9 Å². The fraction of sp³-hybridized carbons (Fsp3) is 0.478. The molecule has 4 aromatic rings. The second-order valence-electron chi connectivity index (χ2n) is 16.7. The van der Waals surface area contributed by atoms with Crippen LogP contribution >= 0.6 is 0 Å². The van der Waals surface area contributed by atoms with Crippen LogP contribution in [0.5, 0.6) is 11.5 Å². The van der Waals surface area contributed by atoms with Crippen LogP contribution < -0.4 is 30.6 Å². The third-order valence-electron chi connectivity index (χ3n) is 12.9. The Kier molecular flexibility index (Phi) is 13.0. The molecule has 63 heavy (non-hydrogen) atoms. The van der Waals surface area contributed by atoms with Crippen molar-refractivity contribution in [3.05, 3.63) is 86.5 Å². The summed E-state index contributed by atoms with van der Waals surface area (Å²) in [6.07, 6.45) is 2.05. The van der Waals surface area contributed by atoms with Crippen LogP contribution in [-0.4, -0.2) is 128 Å². The van der Waals surface area contributed by atoms with Crippen LogP contribution in [0.1, 0.15) is 86.7 Å². The summed E-state index contributed by atoms with van der Waals surface area (Å²) in [6, 6.07) is 11.9. The van der Waals surface area contributed by atoms with Gasteiger partial charge in [0, 0.05) is 86.9 Å². The molecular formula is C46H55N7O10. The maximum atomic E-state index is 13.9. The van der Waals surface area contributed by atoms with E-state index in [-0.39, 0.29) is 48.0 Å². The highest BCUT2D eigenvalue weighted by Crippen LogP contribution is 2.37. The Hall–Kier alpha value is -6.04. The lowest BCUT2D eigenvalue weighted by atomic mass is 9.92. The molecule has 0 radical (unpaired) electrons. The summed E-state index contributed by atoms with van der Waals surface area (Å²) in [5.41, 5.74) is 4.39. The number of pyridine rings is 1. The first-order valence-corrected chi connectivity index (χ1v) is 21.7. The number of hydrogen-bond donors (Lipinski definition) is 3. The Morgan fingerprint density at radius 2 is 1.67 bits per heavy atom. The van der Waals surface area contributed by atoms with Crippen molar-refractivity contribution >= 4 is 46.1 Å². The van der Waals surface area contributed by atoms with Crippen LogP contribution in [0, 0.1) is 19.8 Å². The van der Waals surface area contributed by atoms with Gasteiger partial charge in [-0.25, -0.2) is 0 Å². The molecule has 17 heteroatoms. The molecule has 4 aliphatic rings. The average molecular weight is 866 g/mol. The van der Waals surface area contributed by atoms with Gasteiger partial charge in [0.2, 0.25) is 11.8 Å². The fourth-order valence-corrected chi connectivity index (χ4v) is 9.42. The van der Waals surface area contributed by atoms with Crippen LogP contribution in [0.15, 0.2) is 47.3 Å². The second-order valence-corrected chi connectivity index (χ2v) is 16.7. The van der Waals surface area contributed by atoms with E-state index in [1.54, 1.807) is 25.1 Å². The van der Waals surface area contributed by atoms with E-state index in [1.807, 2.05) is 31.2 Å². The lowest BCUT2D eigenvalue weighted by Gasteiger charge is -2.36. The van der Waals surface area contributed by atoms with Crippen LogP contribution in [0.2, 0.25) is 0 Å². The number of carbonyl (C=O) groups is 5. The number of amides is 5. The minimum absolute atomic E-state index is 0.00903. The average Bonchev–Trinajstić information content (AvgIpc) is 3.71. The van der Waals surface area contributed by atoms with E-state index >= 15 is 0 Å². The van der Waals surface area contributed by atoms with E-state index in [2.05, 4.69) is 36.9 Å². The van der Waals surface area contributed by atoms with Crippen LogP contribution in [0.3, 0.4) is 0 Å². The molecule has 3 N–H and O–H groups in total. The SMILES string of the molecule is COc1cc(C)[nH]c(=O)c1CNC(=O)c1c(C)n(C(C)C2CCOCC2)c2cc(OCCOCCN3CCN(c4ccc5c(c4)C(=O)N(C4CCC(=O)NC4=O)C5=O)CC3)ccc12. The van der Waals surface area contributed by atoms with Gasteiger partial charge in [-0.2, -0.15) is 0 Å². The molecule has 6 heterocycles. The molecule has 2 aromatic carbocycles. The Morgan fingerprint density at radius 3 is 2.41 bits per heavy atom. The van der Waals surface area contributed by atoms with Crippen LogP contribution in [0.4, 0.5) is 5.69 Å². The fourth-order valence-electron chi connectivity index (χ4n) is 9.42. The van der Waals surface area contributed by atoms with Gasteiger partial charge in [0.25, 0.3) is 23.3 Å². The number of carbonyl (C=O) groups excluding carboxylic acids is 5. The first kappa shape index (κ1) is 43.6. The largest absolute Gasteiger partial charge is 0.496 e. The highest BCUT2D eigenvalue weighted by Gasteiger charge is 2.45. The highest BCUT2D eigenvalue weighted by atomic mass is 16.5. The number of nitrogens with zero attached hydrogens (tertiary/aromatic N) is 4. The van der Waals surface area contributed by atoms with Gasteiger partial charge in [-0.15, -0.1) is 0 Å². The molecule has 0 spiro atoms. The summed E-state index contributed by atoms with van der Waals surface area (Å²) in [7, 11) is 1.50. The van der Waals surface area contributed by atoms with E-state index in [1.165, 1.54) is 7.11 Å². The lowest BCUT2D eigenvalue weighted by molar-refractivity contribution is -0.136. The number of nitrogens with one attached hydrogen (secondary N) is 3.